The van der Waals surface area contributed by atoms with Crippen LogP contribution in [0.25, 0.3) is 0 Å². The first-order valence-corrected chi connectivity index (χ1v) is 8.24. The zero-order chi connectivity index (χ0) is 18.2. The van der Waals surface area contributed by atoms with E-state index in [9.17, 15) is 9.59 Å². The summed E-state index contributed by atoms with van der Waals surface area (Å²) in [6, 6.07) is 15.1. The van der Waals surface area contributed by atoms with Crippen LogP contribution in [0.3, 0.4) is 0 Å². The molecule has 2 aromatic carbocycles. The third kappa shape index (κ3) is 5.64. The predicted molar refractivity (Wildman–Crippen MR) is 97.6 cm³/mol. The lowest BCUT2D eigenvalue weighted by atomic mass is 10.1. The van der Waals surface area contributed by atoms with Crippen molar-refractivity contribution >= 4 is 11.8 Å². The normalized spacial score (nSPS) is 10.2. The van der Waals surface area contributed by atoms with Crippen LogP contribution >= 0.6 is 0 Å². The maximum Gasteiger partial charge on any atom is 0.253 e. The fourth-order valence-electron chi connectivity index (χ4n) is 2.32. The molecule has 0 fully saturated rings. The second kappa shape index (κ2) is 8.87. The Morgan fingerprint density at radius 2 is 1.76 bits per heavy atom. The van der Waals surface area contributed by atoms with Gasteiger partial charge in [0.25, 0.3) is 5.91 Å². The number of nitrogens with one attached hydrogen (secondary N) is 1. The summed E-state index contributed by atoms with van der Waals surface area (Å²) in [4.78, 5) is 25.0. The fraction of sp³-hybridized carbons (Fsp3) is 0.300. The summed E-state index contributed by atoms with van der Waals surface area (Å²) in [5.41, 5.74) is 2.65. The van der Waals surface area contributed by atoms with Crippen molar-refractivity contribution in [1.29, 1.82) is 0 Å². The van der Waals surface area contributed by atoms with Crippen molar-refractivity contribution in [2.75, 3.05) is 20.2 Å². The van der Waals surface area contributed by atoms with Gasteiger partial charge in [0.15, 0.2) is 0 Å². The minimum absolute atomic E-state index is 0.0561. The molecule has 0 heterocycles. The van der Waals surface area contributed by atoms with Crippen molar-refractivity contribution in [1.82, 2.24) is 10.2 Å². The standard InChI is InChI=1S/C20H24N2O3/c1-15-6-4-5-7-19(15)25-13-12-22(3)20(24)18-10-8-17(9-11-18)14-21-16(2)23/h4-11H,12-14H2,1-3H3,(H,21,23). The first kappa shape index (κ1) is 18.5. The maximum atomic E-state index is 12.4. The van der Waals surface area contributed by atoms with Gasteiger partial charge < -0.3 is 15.0 Å². The molecule has 0 unspecified atom stereocenters. The Balaban J connectivity index is 1.84. The number of para-hydroxylation sites is 1. The Hall–Kier alpha value is -2.82. The van der Waals surface area contributed by atoms with Crippen LogP contribution in [-0.2, 0) is 11.3 Å². The fourth-order valence-corrected chi connectivity index (χ4v) is 2.32. The monoisotopic (exact) mass is 340 g/mol. The van der Waals surface area contributed by atoms with Crippen molar-refractivity contribution in [2.24, 2.45) is 0 Å². The Bertz CT molecular complexity index is 726. The van der Waals surface area contributed by atoms with E-state index in [2.05, 4.69) is 5.32 Å². The van der Waals surface area contributed by atoms with Crippen molar-refractivity contribution < 1.29 is 14.3 Å². The van der Waals surface area contributed by atoms with Crippen LogP contribution in [0.2, 0.25) is 0 Å². The highest BCUT2D eigenvalue weighted by molar-refractivity contribution is 5.94. The van der Waals surface area contributed by atoms with Gasteiger partial charge in [-0.05, 0) is 36.2 Å². The smallest absolute Gasteiger partial charge is 0.253 e. The third-order valence-corrected chi connectivity index (χ3v) is 3.87. The van der Waals surface area contributed by atoms with Crippen LogP contribution in [0, 0.1) is 6.92 Å². The van der Waals surface area contributed by atoms with Gasteiger partial charge in [0.2, 0.25) is 5.91 Å². The number of aryl methyl sites for hydroxylation is 1. The van der Waals surface area contributed by atoms with E-state index in [-0.39, 0.29) is 11.8 Å². The highest BCUT2D eigenvalue weighted by atomic mass is 16.5. The molecule has 25 heavy (non-hydrogen) atoms. The summed E-state index contributed by atoms with van der Waals surface area (Å²) in [5, 5.41) is 2.73. The molecule has 0 aliphatic rings. The molecule has 0 atom stereocenters. The molecule has 5 heteroatoms. The van der Waals surface area contributed by atoms with Gasteiger partial charge >= 0.3 is 0 Å². The summed E-state index contributed by atoms with van der Waals surface area (Å²) in [6.45, 7) is 4.87. The Kier molecular flexibility index (Phi) is 6.57. The number of carbonyl (C=O) groups is 2. The second-order valence-corrected chi connectivity index (χ2v) is 5.95. The molecule has 0 saturated heterocycles. The van der Waals surface area contributed by atoms with Crippen molar-refractivity contribution in [2.45, 2.75) is 20.4 Å². The summed E-state index contributed by atoms with van der Waals surface area (Å²) in [5.74, 6) is 0.707. The lowest BCUT2D eigenvalue weighted by molar-refractivity contribution is -0.119. The van der Waals surface area contributed by atoms with Crippen LogP contribution in [0.4, 0.5) is 0 Å². The van der Waals surface area contributed by atoms with Crippen LogP contribution < -0.4 is 10.1 Å². The van der Waals surface area contributed by atoms with Crippen LogP contribution in [0.5, 0.6) is 5.75 Å². The lowest BCUT2D eigenvalue weighted by Gasteiger charge is -2.18. The number of amides is 2. The van der Waals surface area contributed by atoms with E-state index >= 15 is 0 Å². The van der Waals surface area contributed by atoms with Gasteiger partial charge in [-0.1, -0.05) is 30.3 Å². The first-order chi connectivity index (χ1) is 12.0. The molecule has 0 spiro atoms. The number of hydrogen-bond donors (Lipinski definition) is 1. The number of benzene rings is 2. The largest absolute Gasteiger partial charge is 0.491 e. The van der Waals surface area contributed by atoms with E-state index in [1.165, 1.54) is 6.92 Å². The maximum absolute atomic E-state index is 12.4. The van der Waals surface area contributed by atoms with Crippen LogP contribution in [-0.4, -0.2) is 36.9 Å². The van der Waals surface area contributed by atoms with Gasteiger partial charge in [-0.25, -0.2) is 0 Å². The molecule has 0 aliphatic heterocycles. The number of nitrogens with zero attached hydrogens (tertiary/aromatic N) is 1. The number of hydrogen-bond acceptors (Lipinski definition) is 3. The highest BCUT2D eigenvalue weighted by Gasteiger charge is 2.11. The third-order valence-electron chi connectivity index (χ3n) is 3.87. The topological polar surface area (TPSA) is 58.6 Å². The molecular weight excluding hydrogens is 316 g/mol. The average molecular weight is 340 g/mol. The molecule has 1 N–H and O–H groups in total. The molecule has 132 valence electrons. The molecule has 2 amide bonds. The van der Waals surface area contributed by atoms with E-state index in [0.29, 0.717) is 25.3 Å². The van der Waals surface area contributed by atoms with E-state index < -0.39 is 0 Å². The van der Waals surface area contributed by atoms with E-state index in [1.807, 2.05) is 43.3 Å². The molecule has 2 rings (SSSR count). The lowest BCUT2D eigenvalue weighted by Crippen LogP contribution is -2.31. The predicted octanol–water partition coefficient (Wildman–Crippen LogP) is 2.78. The number of rotatable bonds is 7. The quantitative estimate of drug-likeness (QED) is 0.843. The highest BCUT2D eigenvalue weighted by Crippen LogP contribution is 2.16. The van der Waals surface area contributed by atoms with Gasteiger partial charge in [-0.15, -0.1) is 0 Å². The zero-order valence-corrected chi connectivity index (χ0v) is 14.9. The van der Waals surface area contributed by atoms with Crippen molar-refractivity contribution in [3.8, 4) is 5.75 Å². The van der Waals surface area contributed by atoms with Gasteiger partial charge in [0.1, 0.15) is 12.4 Å². The van der Waals surface area contributed by atoms with E-state index in [4.69, 9.17) is 4.74 Å². The SMILES string of the molecule is CC(=O)NCc1ccc(C(=O)N(C)CCOc2ccccc2C)cc1. The molecule has 0 aromatic heterocycles. The van der Waals surface area contributed by atoms with Crippen LogP contribution in [0.1, 0.15) is 28.4 Å². The Morgan fingerprint density at radius 3 is 2.40 bits per heavy atom. The minimum atomic E-state index is -0.0754. The number of likely N-dealkylation sites (N-methyl/N-ethyl adjacent to an activating group) is 1. The van der Waals surface area contributed by atoms with Gasteiger partial charge in [0, 0.05) is 26.1 Å². The van der Waals surface area contributed by atoms with E-state index in [0.717, 1.165) is 16.9 Å². The van der Waals surface area contributed by atoms with Gasteiger partial charge in [0.05, 0.1) is 6.54 Å². The number of carbonyl (C=O) groups excluding carboxylic acids is 2. The molecule has 0 aliphatic carbocycles. The summed E-state index contributed by atoms with van der Waals surface area (Å²) < 4.78 is 5.73. The average Bonchev–Trinajstić information content (AvgIpc) is 2.61. The molecule has 0 radical (unpaired) electrons. The van der Waals surface area contributed by atoms with E-state index in [1.54, 1.807) is 24.1 Å². The van der Waals surface area contributed by atoms with Gasteiger partial charge in [-0.3, -0.25) is 9.59 Å². The molecular formula is C20H24N2O3. The summed E-state index contributed by atoms with van der Waals surface area (Å²) >= 11 is 0. The first-order valence-electron chi connectivity index (χ1n) is 8.24. The molecule has 0 saturated carbocycles. The summed E-state index contributed by atoms with van der Waals surface area (Å²) in [7, 11) is 1.76. The van der Waals surface area contributed by atoms with Crippen LogP contribution in [0.15, 0.2) is 48.5 Å². The Morgan fingerprint density at radius 1 is 1.08 bits per heavy atom. The number of ether oxygens (including phenoxy) is 1. The summed E-state index contributed by atoms with van der Waals surface area (Å²) in [6.07, 6.45) is 0. The Labute approximate surface area is 148 Å². The van der Waals surface area contributed by atoms with Crippen molar-refractivity contribution in [3.63, 3.8) is 0 Å². The second-order valence-electron chi connectivity index (χ2n) is 5.95. The van der Waals surface area contributed by atoms with Gasteiger partial charge in [-0.2, -0.15) is 0 Å². The molecule has 0 bridgehead atoms. The molecule has 5 nitrogen and oxygen atoms in total. The minimum Gasteiger partial charge on any atom is -0.491 e. The van der Waals surface area contributed by atoms with Crippen molar-refractivity contribution in [3.05, 3.63) is 65.2 Å². The zero-order valence-electron chi connectivity index (χ0n) is 14.9. The molecule has 2 aromatic rings.